The molecule has 7 nitrogen and oxygen atoms in total. The number of methoxy groups -OCH3 is 1. The fourth-order valence-corrected chi connectivity index (χ4v) is 1.17. The SMILES string of the molecule is COCCN(CCOCCC(O)O)CC(=O)O. The first kappa shape index (κ1) is 16.3. The second-order valence-corrected chi connectivity index (χ2v) is 3.54. The van der Waals surface area contributed by atoms with Crippen LogP contribution in [0, 0.1) is 0 Å². The molecule has 17 heavy (non-hydrogen) atoms. The minimum Gasteiger partial charge on any atom is -0.480 e. The first-order valence-corrected chi connectivity index (χ1v) is 5.43. The summed E-state index contributed by atoms with van der Waals surface area (Å²) in [7, 11) is 1.55. The number of rotatable bonds is 11. The van der Waals surface area contributed by atoms with Gasteiger partial charge in [-0.3, -0.25) is 9.69 Å². The van der Waals surface area contributed by atoms with Gasteiger partial charge in [0.2, 0.25) is 0 Å². The van der Waals surface area contributed by atoms with Gasteiger partial charge in [-0.05, 0) is 0 Å². The molecule has 102 valence electrons. The van der Waals surface area contributed by atoms with E-state index < -0.39 is 12.3 Å². The summed E-state index contributed by atoms with van der Waals surface area (Å²) in [5, 5.41) is 25.8. The maximum absolute atomic E-state index is 10.6. The second-order valence-electron chi connectivity index (χ2n) is 3.54. The van der Waals surface area contributed by atoms with E-state index in [1.165, 1.54) is 0 Å². The molecule has 0 spiro atoms. The van der Waals surface area contributed by atoms with Crippen molar-refractivity contribution >= 4 is 5.97 Å². The lowest BCUT2D eigenvalue weighted by molar-refractivity contribution is -0.138. The summed E-state index contributed by atoms with van der Waals surface area (Å²) >= 11 is 0. The van der Waals surface area contributed by atoms with Crippen LogP contribution in [0.1, 0.15) is 6.42 Å². The van der Waals surface area contributed by atoms with E-state index in [0.29, 0.717) is 26.3 Å². The smallest absolute Gasteiger partial charge is 0.317 e. The zero-order chi connectivity index (χ0) is 13.1. The van der Waals surface area contributed by atoms with Gasteiger partial charge in [-0.25, -0.2) is 0 Å². The molecule has 3 N–H and O–H groups in total. The van der Waals surface area contributed by atoms with Crippen LogP contribution in [0.4, 0.5) is 0 Å². The molecule has 0 rings (SSSR count). The lowest BCUT2D eigenvalue weighted by atomic mass is 10.4. The van der Waals surface area contributed by atoms with E-state index in [1.54, 1.807) is 12.0 Å². The zero-order valence-electron chi connectivity index (χ0n) is 10.0. The topological polar surface area (TPSA) is 99.5 Å². The summed E-state index contributed by atoms with van der Waals surface area (Å²) in [4.78, 5) is 12.3. The lowest BCUT2D eigenvalue weighted by Crippen LogP contribution is -2.35. The number of carbonyl (C=O) groups is 1. The number of aliphatic hydroxyl groups is 2. The van der Waals surface area contributed by atoms with Gasteiger partial charge in [0, 0.05) is 26.6 Å². The largest absolute Gasteiger partial charge is 0.480 e. The predicted octanol–water partition coefficient (Wildman–Crippen LogP) is -1.26. The van der Waals surface area contributed by atoms with Crippen molar-refractivity contribution < 1.29 is 29.6 Å². The summed E-state index contributed by atoms with van der Waals surface area (Å²) in [5.41, 5.74) is 0. The number of hydrogen-bond donors (Lipinski definition) is 3. The number of hydrogen-bond acceptors (Lipinski definition) is 6. The van der Waals surface area contributed by atoms with Gasteiger partial charge >= 0.3 is 5.97 Å². The third-order valence-corrected chi connectivity index (χ3v) is 2.04. The molecule has 0 aliphatic heterocycles. The van der Waals surface area contributed by atoms with Crippen LogP contribution in [0.5, 0.6) is 0 Å². The van der Waals surface area contributed by atoms with Crippen molar-refractivity contribution in [2.75, 3.05) is 46.6 Å². The van der Waals surface area contributed by atoms with Crippen molar-refractivity contribution in [3.8, 4) is 0 Å². The first-order chi connectivity index (χ1) is 8.06. The maximum atomic E-state index is 10.6. The van der Waals surface area contributed by atoms with Crippen LogP contribution < -0.4 is 0 Å². The molecule has 0 aromatic carbocycles. The standard InChI is InChI=1S/C10H21NO6/c1-16-6-3-11(8-10(14)15)4-7-17-5-2-9(12)13/h9,12-13H,2-8H2,1H3,(H,14,15). The Morgan fingerprint density at radius 2 is 1.88 bits per heavy atom. The van der Waals surface area contributed by atoms with Crippen LogP contribution in [0.2, 0.25) is 0 Å². The highest BCUT2D eigenvalue weighted by molar-refractivity contribution is 5.69. The molecular formula is C10H21NO6. The molecule has 0 fully saturated rings. The van der Waals surface area contributed by atoms with E-state index in [9.17, 15) is 4.79 Å². The molecule has 0 unspecified atom stereocenters. The van der Waals surface area contributed by atoms with Crippen molar-refractivity contribution in [1.29, 1.82) is 0 Å². The average Bonchev–Trinajstić information content (AvgIpc) is 2.23. The molecule has 0 heterocycles. The van der Waals surface area contributed by atoms with Gasteiger partial charge in [-0.15, -0.1) is 0 Å². The lowest BCUT2D eigenvalue weighted by Gasteiger charge is -2.19. The molecule has 0 aromatic heterocycles. The minimum atomic E-state index is -1.36. The summed E-state index contributed by atoms with van der Waals surface area (Å²) in [5.74, 6) is -0.896. The van der Waals surface area contributed by atoms with Crippen LogP contribution in [-0.2, 0) is 14.3 Å². The number of ether oxygens (including phenoxy) is 2. The molecule has 0 aliphatic carbocycles. The maximum Gasteiger partial charge on any atom is 0.317 e. The summed E-state index contributed by atoms with van der Waals surface area (Å²) in [6, 6.07) is 0. The molecule has 0 bridgehead atoms. The highest BCUT2D eigenvalue weighted by Crippen LogP contribution is 1.92. The van der Waals surface area contributed by atoms with Crippen LogP contribution >= 0.6 is 0 Å². The van der Waals surface area contributed by atoms with Gasteiger partial charge in [0.25, 0.3) is 0 Å². The average molecular weight is 251 g/mol. The number of carboxylic acid groups (broad SMARTS) is 1. The third kappa shape index (κ3) is 11.5. The van der Waals surface area contributed by atoms with Crippen LogP contribution in [0.3, 0.4) is 0 Å². The van der Waals surface area contributed by atoms with E-state index in [4.69, 9.17) is 24.8 Å². The Morgan fingerprint density at radius 3 is 2.41 bits per heavy atom. The molecule has 0 saturated carbocycles. The van der Waals surface area contributed by atoms with Gasteiger partial charge in [0.05, 0.1) is 26.4 Å². The summed E-state index contributed by atoms with van der Waals surface area (Å²) in [6.07, 6.45) is -1.21. The number of carboxylic acids is 1. The number of aliphatic carboxylic acids is 1. The fourth-order valence-electron chi connectivity index (χ4n) is 1.17. The minimum absolute atomic E-state index is 0.0602. The van der Waals surface area contributed by atoms with E-state index >= 15 is 0 Å². The van der Waals surface area contributed by atoms with Crippen molar-refractivity contribution in [2.45, 2.75) is 12.7 Å². The Bertz CT molecular complexity index is 199. The van der Waals surface area contributed by atoms with Gasteiger partial charge in [-0.1, -0.05) is 0 Å². The normalized spacial score (nSPS) is 11.4. The highest BCUT2D eigenvalue weighted by Gasteiger charge is 2.09. The molecule has 0 saturated heterocycles. The Balaban J connectivity index is 3.63. The second kappa shape index (κ2) is 10.4. The third-order valence-electron chi connectivity index (χ3n) is 2.04. The van der Waals surface area contributed by atoms with E-state index in [0.717, 1.165) is 0 Å². The van der Waals surface area contributed by atoms with Gasteiger partial charge in [0.1, 0.15) is 0 Å². The van der Waals surface area contributed by atoms with Crippen molar-refractivity contribution in [1.82, 2.24) is 4.90 Å². The van der Waals surface area contributed by atoms with Crippen LogP contribution in [0.25, 0.3) is 0 Å². The van der Waals surface area contributed by atoms with Gasteiger partial charge in [0.15, 0.2) is 6.29 Å². The van der Waals surface area contributed by atoms with Crippen LogP contribution in [0.15, 0.2) is 0 Å². The Labute approximate surface area is 101 Å². The predicted molar refractivity (Wildman–Crippen MR) is 59.6 cm³/mol. The van der Waals surface area contributed by atoms with Crippen molar-refractivity contribution in [3.63, 3.8) is 0 Å². The number of nitrogens with zero attached hydrogens (tertiary/aromatic N) is 1. The van der Waals surface area contributed by atoms with E-state index in [2.05, 4.69) is 0 Å². The summed E-state index contributed by atoms with van der Waals surface area (Å²) < 4.78 is 10.0. The van der Waals surface area contributed by atoms with E-state index in [1.807, 2.05) is 0 Å². The highest BCUT2D eigenvalue weighted by atomic mass is 16.5. The van der Waals surface area contributed by atoms with Crippen LogP contribution in [-0.4, -0.2) is 79.0 Å². The molecular weight excluding hydrogens is 230 g/mol. The fraction of sp³-hybridized carbons (Fsp3) is 0.900. The molecule has 0 aromatic rings. The zero-order valence-corrected chi connectivity index (χ0v) is 10.0. The van der Waals surface area contributed by atoms with Crippen molar-refractivity contribution in [3.05, 3.63) is 0 Å². The molecule has 7 heteroatoms. The first-order valence-electron chi connectivity index (χ1n) is 5.43. The Kier molecular flexibility index (Phi) is 9.98. The van der Waals surface area contributed by atoms with Crippen molar-refractivity contribution in [2.24, 2.45) is 0 Å². The Hall–Kier alpha value is -0.730. The van der Waals surface area contributed by atoms with E-state index in [-0.39, 0.29) is 19.6 Å². The molecule has 0 amide bonds. The molecule has 0 atom stereocenters. The quantitative estimate of drug-likeness (QED) is 0.311. The van der Waals surface area contributed by atoms with Gasteiger partial charge < -0.3 is 24.8 Å². The molecule has 0 aliphatic rings. The summed E-state index contributed by atoms with van der Waals surface area (Å²) in [6.45, 7) is 1.98. The number of aliphatic hydroxyl groups excluding tert-OH is 1. The molecule has 0 radical (unpaired) electrons. The Morgan fingerprint density at radius 1 is 1.24 bits per heavy atom. The van der Waals surface area contributed by atoms with Gasteiger partial charge in [-0.2, -0.15) is 0 Å². The monoisotopic (exact) mass is 251 g/mol.